The lowest BCUT2D eigenvalue weighted by Crippen LogP contribution is -2.68. The fraction of sp³-hybridized carbons (Fsp3) is 0.143. The molecule has 7 nitrogen and oxygen atoms in total. The summed E-state index contributed by atoms with van der Waals surface area (Å²) in [5.41, 5.74) is 0.866. The van der Waals surface area contributed by atoms with Crippen molar-refractivity contribution in [3.8, 4) is 0 Å². The monoisotopic (exact) mass is 236 g/mol. The molecule has 0 spiro atoms. The Morgan fingerprint density at radius 2 is 1.87 bits per heavy atom. The van der Waals surface area contributed by atoms with Crippen molar-refractivity contribution in [2.75, 3.05) is 0 Å². The predicted octanol–water partition coefficient (Wildman–Crippen LogP) is -4.44. The van der Waals surface area contributed by atoms with Gasteiger partial charge in [0.15, 0.2) is 6.20 Å². The van der Waals surface area contributed by atoms with Gasteiger partial charge in [-0.15, -0.1) is 10.2 Å². The number of rotatable bonds is 1. The summed E-state index contributed by atoms with van der Waals surface area (Å²) in [6.07, 6.45) is 3.27. The zero-order valence-electron chi connectivity index (χ0n) is 7.74. The van der Waals surface area contributed by atoms with Crippen molar-refractivity contribution in [2.45, 2.75) is 0 Å². The van der Waals surface area contributed by atoms with E-state index >= 15 is 0 Å². The Hall–Kier alpha value is -1.25. The molecule has 84 valence electrons. The van der Waals surface area contributed by atoms with Crippen LogP contribution in [0.5, 0.6) is 0 Å². The lowest BCUT2D eigenvalue weighted by molar-refractivity contribution is -2.00. The molecule has 1 aromatic heterocycles. The van der Waals surface area contributed by atoms with E-state index < -0.39 is 10.2 Å². The lowest BCUT2D eigenvalue weighted by atomic mass is 10.4. The molecule has 0 aliphatic heterocycles. The first-order chi connectivity index (χ1) is 6.84. The maximum atomic E-state index is 8.49. The Labute approximate surface area is 87.9 Å². The third kappa shape index (κ3) is 9.06. The Kier molecular flexibility index (Phi) is 5.75. The molecule has 0 unspecified atom stereocenters. The van der Waals surface area contributed by atoms with Gasteiger partial charge in [0.05, 0.1) is 0 Å². The topological polar surface area (TPSA) is 129 Å². The van der Waals surface area contributed by atoms with E-state index in [-0.39, 0.29) is 0 Å². The molecule has 8 heteroatoms. The minimum Gasteiger partial charge on any atom is -0.411 e. The third-order valence-corrected chi connectivity index (χ3v) is 1.29. The van der Waals surface area contributed by atoms with E-state index in [2.05, 4.69) is 5.16 Å². The first kappa shape index (κ1) is 13.8. The average Bonchev–Trinajstić information content (AvgIpc) is 2.06. The minimum atomic E-state index is -4.94. The second-order valence-electron chi connectivity index (χ2n) is 2.36. The molecule has 0 aliphatic carbocycles. The molecular formula is C7H9ClN2O5. The van der Waals surface area contributed by atoms with E-state index in [1.807, 2.05) is 36.0 Å². The Balaban J connectivity index is 0.000000336. The summed E-state index contributed by atoms with van der Waals surface area (Å²) in [7, 11) is -3.06. The quantitative estimate of drug-likeness (QED) is 0.228. The summed E-state index contributed by atoms with van der Waals surface area (Å²) in [6, 6.07) is 5.66. The van der Waals surface area contributed by atoms with Crippen LogP contribution in [0.25, 0.3) is 0 Å². The molecule has 0 bridgehead atoms. The first-order valence-electron chi connectivity index (χ1n) is 3.58. The molecule has 0 atom stereocenters. The number of halogens is 1. The first-order valence-corrected chi connectivity index (χ1v) is 4.82. The van der Waals surface area contributed by atoms with Crippen LogP contribution in [0.1, 0.15) is 5.69 Å². The molecule has 0 aromatic carbocycles. The van der Waals surface area contributed by atoms with E-state index in [1.54, 1.807) is 0 Å². The molecule has 0 fully saturated rings. The van der Waals surface area contributed by atoms with Crippen molar-refractivity contribution in [3.05, 3.63) is 30.1 Å². The van der Waals surface area contributed by atoms with Crippen LogP contribution in [-0.4, -0.2) is 11.4 Å². The fourth-order valence-corrected chi connectivity index (χ4v) is 0.730. The highest BCUT2D eigenvalue weighted by molar-refractivity contribution is 5.74. The number of pyridine rings is 1. The van der Waals surface area contributed by atoms with E-state index in [0.29, 0.717) is 0 Å². The summed E-state index contributed by atoms with van der Waals surface area (Å²) in [6.45, 7) is 0. The van der Waals surface area contributed by atoms with Gasteiger partial charge in [-0.2, -0.15) is 0 Å². The summed E-state index contributed by atoms with van der Waals surface area (Å²) in [4.78, 5) is 0. The van der Waals surface area contributed by atoms with E-state index in [9.17, 15) is 0 Å². The van der Waals surface area contributed by atoms with E-state index in [1.165, 1.54) is 6.21 Å². The van der Waals surface area contributed by atoms with Gasteiger partial charge in [0.25, 0.3) is 0 Å². The number of nitrogens with zero attached hydrogens (tertiary/aromatic N) is 2. The van der Waals surface area contributed by atoms with Gasteiger partial charge in [-0.25, -0.2) is 23.2 Å². The van der Waals surface area contributed by atoms with Crippen LogP contribution in [-0.2, 0) is 7.05 Å². The molecule has 0 radical (unpaired) electrons. The van der Waals surface area contributed by atoms with Gasteiger partial charge in [-0.1, -0.05) is 5.16 Å². The maximum absolute atomic E-state index is 8.49. The minimum absolute atomic E-state index is 0.866. The Bertz CT molecular complexity index is 319. The van der Waals surface area contributed by atoms with Crippen molar-refractivity contribution in [1.29, 1.82) is 0 Å². The molecular weight excluding hydrogens is 228 g/mol. The largest absolute Gasteiger partial charge is 0.411 e. The highest BCUT2D eigenvalue weighted by Crippen LogP contribution is 1.84. The summed E-state index contributed by atoms with van der Waals surface area (Å²) < 4.78 is 35.8. The van der Waals surface area contributed by atoms with Crippen molar-refractivity contribution in [1.82, 2.24) is 0 Å². The lowest BCUT2D eigenvalue weighted by Gasteiger charge is -2.17. The predicted molar refractivity (Wildman–Crippen MR) is 37.0 cm³/mol. The Morgan fingerprint density at radius 1 is 1.33 bits per heavy atom. The average molecular weight is 237 g/mol. The second kappa shape index (κ2) is 6.27. The maximum Gasteiger partial charge on any atom is 0.226 e. The van der Waals surface area contributed by atoms with Gasteiger partial charge < -0.3 is 5.21 Å². The molecule has 0 aliphatic rings. The van der Waals surface area contributed by atoms with E-state index in [0.717, 1.165) is 5.69 Å². The normalized spacial score (nSPS) is 11.0. The molecule has 1 aromatic rings. The van der Waals surface area contributed by atoms with Crippen LogP contribution in [0.15, 0.2) is 29.6 Å². The smallest absolute Gasteiger partial charge is 0.226 e. The molecule has 15 heavy (non-hydrogen) atoms. The molecule has 0 saturated heterocycles. The molecule has 0 saturated carbocycles. The number of aromatic nitrogens is 1. The van der Waals surface area contributed by atoms with Crippen LogP contribution >= 0.6 is 0 Å². The summed E-state index contributed by atoms with van der Waals surface area (Å²) in [5, 5.41) is 11.1. The van der Waals surface area contributed by atoms with Gasteiger partial charge in [0.1, 0.15) is 13.3 Å². The van der Waals surface area contributed by atoms with Crippen LogP contribution in [0.4, 0.5) is 0 Å². The van der Waals surface area contributed by atoms with Crippen molar-refractivity contribution in [3.63, 3.8) is 0 Å². The van der Waals surface area contributed by atoms with Crippen LogP contribution in [0, 0.1) is 10.2 Å². The van der Waals surface area contributed by atoms with Crippen molar-refractivity contribution >= 4 is 6.21 Å². The summed E-state index contributed by atoms with van der Waals surface area (Å²) in [5.74, 6) is 0. The zero-order valence-corrected chi connectivity index (χ0v) is 8.50. The third-order valence-electron chi connectivity index (χ3n) is 1.29. The highest BCUT2D eigenvalue weighted by Gasteiger charge is 1.98. The highest BCUT2D eigenvalue weighted by atomic mass is 35.7. The SMILES string of the molecule is C[n+]1ccccc1C=NO.[O-][Cl+3]([O-])([O-])[O-]. The number of aryl methyl sites for hydroxylation is 1. The van der Waals surface area contributed by atoms with Gasteiger partial charge in [0.2, 0.25) is 5.69 Å². The molecule has 0 amide bonds. The second-order valence-corrected chi connectivity index (χ2v) is 3.11. The van der Waals surface area contributed by atoms with Gasteiger partial charge in [0, 0.05) is 12.1 Å². The van der Waals surface area contributed by atoms with Crippen LogP contribution in [0.2, 0.25) is 0 Å². The fourth-order valence-electron chi connectivity index (χ4n) is 0.730. The molecule has 1 rings (SSSR count). The van der Waals surface area contributed by atoms with Crippen molar-refractivity contribution < 1.29 is 38.7 Å². The zero-order chi connectivity index (χ0) is 11.9. The Morgan fingerprint density at radius 3 is 2.27 bits per heavy atom. The standard InChI is InChI=1S/C7H8N2O.ClHO4/c1-9-5-3-2-4-7(9)6-8-10;2-1(3,4)5/h2-6H,1H3;(H,2,3,4,5). The van der Waals surface area contributed by atoms with Gasteiger partial charge in [-0.3, -0.25) is 0 Å². The number of hydrogen-bond acceptors (Lipinski definition) is 6. The van der Waals surface area contributed by atoms with Gasteiger partial charge in [-0.05, 0) is 6.07 Å². The molecule has 1 heterocycles. The van der Waals surface area contributed by atoms with Crippen molar-refractivity contribution in [2.24, 2.45) is 12.2 Å². The van der Waals surface area contributed by atoms with Crippen LogP contribution in [0.3, 0.4) is 0 Å². The van der Waals surface area contributed by atoms with Gasteiger partial charge >= 0.3 is 0 Å². The van der Waals surface area contributed by atoms with E-state index in [4.69, 9.17) is 23.8 Å². The number of oxime groups is 1. The summed E-state index contributed by atoms with van der Waals surface area (Å²) >= 11 is 0. The molecule has 1 N–H and O–H groups in total. The van der Waals surface area contributed by atoms with Crippen LogP contribution < -0.4 is 23.2 Å². The number of hydrogen-bond donors (Lipinski definition) is 1.